The molecule has 1 unspecified atom stereocenters. The maximum Gasteiger partial charge on any atom is 0.269 e. The van der Waals surface area contributed by atoms with Crippen LogP contribution in [-0.4, -0.2) is 32.5 Å². The third-order valence-corrected chi connectivity index (χ3v) is 7.20. The summed E-state index contributed by atoms with van der Waals surface area (Å²) in [7, 11) is 4.77. The van der Waals surface area contributed by atoms with E-state index >= 15 is 0 Å². The minimum atomic E-state index is -0.412. The van der Waals surface area contributed by atoms with Gasteiger partial charge in [-0.2, -0.15) is 0 Å². The molecule has 0 radical (unpaired) electrons. The number of fused-ring (bicyclic) bond motifs is 3. The van der Waals surface area contributed by atoms with Crippen LogP contribution < -0.4 is 25.0 Å². The zero-order valence-electron chi connectivity index (χ0n) is 20.6. The molecule has 0 heterocycles. The lowest BCUT2D eigenvalue weighted by atomic mass is 9.95. The number of rotatable bonds is 8. The van der Waals surface area contributed by atoms with Crippen LogP contribution in [-0.2, 0) is 13.0 Å². The molecule has 1 aliphatic rings. The molecule has 0 aliphatic heterocycles. The summed E-state index contributed by atoms with van der Waals surface area (Å²) >= 11 is 1.41. The summed E-state index contributed by atoms with van der Waals surface area (Å²) in [5, 5.41) is 14.6. The number of aryl methyl sites for hydroxylation is 1. The van der Waals surface area contributed by atoms with Gasteiger partial charge >= 0.3 is 0 Å². The zero-order chi connectivity index (χ0) is 25.8. The second-order valence-corrected chi connectivity index (χ2v) is 9.20. The van der Waals surface area contributed by atoms with Crippen molar-refractivity contribution in [1.29, 1.82) is 0 Å². The van der Waals surface area contributed by atoms with Gasteiger partial charge in [0.25, 0.3) is 5.69 Å². The van der Waals surface area contributed by atoms with E-state index in [2.05, 4.69) is 5.32 Å². The van der Waals surface area contributed by atoms with Gasteiger partial charge in [0.15, 0.2) is 16.9 Å². The Labute approximate surface area is 213 Å². The summed E-state index contributed by atoms with van der Waals surface area (Å²) in [4.78, 5) is 24.3. The van der Waals surface area contributed by atoms with Gasteiger partial charge in [-0.1, -0.05) is 18.2 Å². The molecule has 36 heavy (non-hydrogen) atoms. The molecule has 3 aromatic carbocycles. The number of hydrogen-bond donors (Lipinski definition) is 1. The van der Waals surface area contributed by atoms with E-state index in [1.807, 2.05) is 24.5 Å². The first-order valence-corrected chi connectivity index (χ1v) is 12.7. The number of thioether (sulfide) groups is 1. The van der Waals surface area contributed by atoms with Crippen molar-refractivity contribution < 1.29 is 19.1 Å². The monoisotopic (exact) mass is 508 g/mol. The molecule has 0 bridgehead atoms. The fourth-order valence-corrected chi connectivity index (χ4v) is 5.12. The molecule has 1 aliphatic carbocycles. The van der Waals surface area contributed by atoms with Gasteiger partial charge in [-0.15, -0.1) is 11.8 Å². The second-order valence-electron chi connectivity index (χ2n) is 8.35. The molecule has 3 aromatic rings. The number of methoxy groups -OCH3 is 3. The van der Waals surface area contributed by atoms with Crippen molar-refractivity contribution in [3.05, 3.63) is 85.6 Å². The molecule has 1 atom stereocenters. The summed E-state index contributed by atoms with van der Waals surface area (Å²) in [5.41, 5.74) is 4.59. The average molecular weight is 509 g/mol. The Kier molecular flexibility index (Phi) is 7.81. The molecule has 188 valence electrons. The van der Waals surface area contributed by atoms with Gasteiger partial charge < -0.3 is 19.5 Å². The summed E-state index contributed by atoms with van der Waals surface area (Å²) in [6, 6.07) is 13.8. The van der Waals surface area contributed by atoms with E-state index < -0.39 is 4.92 Å². The predicted octanol–water partition coefficient (Wildman–Crippen LogP) is 5.15. The largest absolute Gasteiger partial charge is 0.493 e. The van der Waals surface area contributed by atoms with E-state index in [9.17, 15) is 14.9 Å². The van der Waals surface area contributed by atoms with Crippen molar-refractivity contribution in [3.63, 3.8) is 0 Å². The van der Waals surface area contributed by atoms with Crippen molar-refractivity contribution in [1.82, 2.24) is 5.32 Å². The molecule has 0 fully saturated rings. The number of non-ortho nitro benzene ring substituents is 1. The lowest BCUT2D eigenvalue weighted by Gasteiger charge is -2.20. The van der Waals surface area contributed by atoms with Gasteiger partial charge in [-0.05, 0) is 59.6 Å². The molecule has 4 rings (SSSR count). The normalized spacial score (nSPS) is 14.3. The van der Waals surface area contributed by atoms with Crippen LogP contribution in [0.2, 0.25) is 0 Å². The van der Waals surface area contributed by atoms with E-state index in [0.717, 1.165) is 34.2 Å². The molecule has 0 amide bonds. The van der Waals surface area contributed by atoms with Crippen LogP contribution in [0.25, 0.3) is 11.1 Å². The number of nitro groups is 1. The van der Waals surface area contributed by atoms with Gasteiger partial charge in [0, 0.05) is 30.3 Å². The van der Waals surface area contributed by atoms with Crippen LogP contribution in [0.3, 0.4) is 0 Å². The quantitative estimate of drug-likeness (QED) is 0.253. The Morgan fingerprint density at radius 3 is 2.36 bits per heavy atom. The van der Waals surface area contributed by atoms with Crippen LogP contribution >= 0.6 is 11.8 Å². The van der Waals surface area contributed by atoms with E-state index in [-0.39, 0.29) is 17.2 Å². The molecule has 0 spiro atoms. The number of hydrogen-bond acceptors (Lipinski definition) is 8. The van der Waals surface area contributed by atoms with E-state index in [1.54, 1.807) is 39.5 Å². The van der Waals surface area contributed by atoms with Crippen LogP contribution in [0.4, 0.5) is 5.69 Å². The Balaban J connectivity index is 1.84. The number of ether oxygens (including phenoxy) is 3. The zero-order valence-corrected chi connectivity index (χ0v) is 21.4. The second kappa shape index (κ2) is 11.0. The number of nitrogens with zero attached hydrogens (tertiary/aromatic N) is 1. The fourth-order valence-electron chi connectivity index (χ4n) is 4.66. The Morgan fingerprint density at radius 2 is 1.75 bits per heavy atom. The third-order valence-electron chi connectivity index (χ3n) is 6.42. The van der Waals surface area contributed by atoms with Crippen LogP contribution in [0.1, 0.15) is 29.2 Å². The number of nitrogens with one attached hydrogen (secondary N) is 1. The average Bonchev–Trinajstić information content (AvgIpc) is 3.14. The van der Waals surface area contributed by atoms with E-state index in [4.69, 9.17) is 14.2 Å². The third kappa shape index (κ3) is 4.89. The number of benzene rings is 2. The predicted molar refractivity (Wildman–Crippen MR) is 141 cm³/mol. The first-order valence-electron chi connectivity index (χ1n) is 11.4. The topological polar surface area (TPSA) is 99.9 Å². The molecule has 0 saturated carbocycles. The molecular weight excluding hydrogens is 480 g/mol. The Morgan fingerprint density at radius 1 is 1.03 bits per heavy atom. The molecule has 0 aromatic heterocycles. The van der Waals surface area contributed by atoms with E-state index in [1.165, 1.54) is 23.9 Å². The minimum Gasteiger partial charge on any atom is -0.493 e. The van der Waals surface area contributed by atoms with Crippen LogP contribution in [0.5, 0.6) is 17.2 Å². The van der Waals surface area contributed by atoms with Crippen molar-refractivity contribution in [3.8, 4) is 28.4 Å². The van der Waals surface area contributed by atoms with Crippen LogP contribution in [0, 0.1) is 10.1 Å². The molecular formula is C27H28N2O6S. The molecule has 0 saturated heterocycles. The van der Waals surface area contributed by atoms with Crippen molar-refractivity contribution in [2.75, 3.05) is 27.6 Å². The van der Waals surface area contributed by atoms with Crippen LogP contribution in [0.15, 0.2) is 58.2 Å². The minimum absolute atomic E-state index is 0.0474. The highest BCUT2D eigenvalue weighted by atomic mass is 32.2. The van der Waals surface area contributed by atoms with E-state index in [0.29, 0.717) is 35.1 Å². The Hall–Kier alpha value is -3.56. The first kappa shape index (κ1) is 25.5. The smallest absolute Gasteiger partial charge is 0.269 e. The van der Waals surface area contributed by atoms with Crippen molar-refractivity contribution in [2.45, 2.75) is 30.3 Å². The summed E-state index contributed by atoms with van der Waals surface area (Å²) in [6.45, 7) is 0.490. The standard InChI is InChI=1S/C27H28N2O6S/c1-33-23-13-17-7-11-21(28-15-16-5-8-18(9-6-16)29(31)32)20-14-22(30)24(36-4)12-10-19(20)25(17)27(35-3)26(23)34-2/h5-6,8-10,12-14,21,28H,7,11,15H2,1-4H3. The van der Waals surface area contributed by atoms with Gasteiger partial charge in [0.2, 0.25) is 5.75 Å². The number of nitro benzene ring substituents is 1. The fraction of sp³-hybridized carbons (Fsp3) is 0.296. The van der Waals surface area contributed by atoms with Gasteiger partial charge in [0.1, 0.15) is 0 Å². The highest BCUT2D eigenvalue weighted by molar-refractivity contribution is 7.98. The summed E-state index contributed by atoms with van der Waals surface area (Å²) in [6.07, 6.45) is 3.32. The molecule has 9 heteroatoms. The van der Waals surface area contributed by atoms with Gasteiger partial charge in [0.05, 0.1) is 31.1 Å². The van der Waals surface area contributed by atoms with Crippen molar-refractivity contribution >= 4 is 17.4 Å². The highest BCUT2D eigenvalue weighted by Crippen LogP contribution is 2.50. The SMILES string of the molecule is COc1cc2c(c(OC)c1OC)-c1ccc(SC)c(=O)cc1C(NCc1ccc([N+](=O)[O-])cc1)CC2. The molecule has 8 nitrogen and oxygen atoms in total. The molecule has 1 N–H and O–H groups in total. The maximum atomic E-state index is 13.1. The van der Waals surface area contributed by atoms with Gasteiger partial charge in [-0.3, -0.25) is 14.9 Å². The maximum absolute atomic E-state index is 13.1. The first-order chi connectivity index (χ1) is 17.4. The summed E-state index contributed by atoms with van der Waals surface area (Å²) in [5.74, 6) is 1.65. The Bertz CT molecular complexity index is 1340. The summed E-state index contributed by atoms with van der Waals surface area (Å²) < 4.78 is 17.1. The highest BCUT2D eigenvalue weighted by Gasteiger charge is 2.29. The lowest BCUT2D eigenvalue weighted by molar-refractivity contribution is -0.384. The van der Waals surface area contributed by atoms with Crippen molar-refractivity contribution in [2.24, 2.45) is 0 Å². The van der Waals surface area contributed by atoms with Gasteiger partial charge in [-0.25, -0.2) is 0 Å². The lowest BCUT2D eigenvalue weighted by Crippen LogP contribution is -2.22.